The molecule has 5 nitrogen and oxygen atoms in total. The summed E-state index contributed by atoms with van der Waals surface area (Å²) >= 11 is 0. The topological polar surface area (TPSA) is 54.3 Å². The van der Waals surface area contributed by atoms with Gasteiger partial charge in [-0.3, -0.25) is 9.59 Å². The molecule has 3 aromatic carbocycles. The van der Waals surface area contributed by atoms with Gasteiger partial charge in [-0.25, -0.2) is 0 Å². The molecule has 2 heterocycles. The van der Waals surface area contributed by atoms with Crippen molar-refractivity contribution in [1.82, 2.24) is 14.8 Å². The van der Waals surface area contributed by atoms with Crippen molar-refractivity contribution in [3.05, 3.63) is 108 Å². The molecule has 5 heteroatoms. The summed E-state index contributed by atoms with van der Waals surface area (Å²) in [7, 11) is 0. The summed E-state index contributed by atoms with van der Waals surface area (Å²) in [6.07, 6.45) is 0. The maximum Gasteiger partial charge on any atom is 0.271 e. The number of rotatable bonds is 5. The molecular weight excluding hydrogens is 398 g/mol. The minimum absolute atomic E-state index is 0.131. The molecule has 0 unspecified atom stereocenters. The van der Waals surface area contributed by atoms with Crippen LogP contribution in [-0.2, 0) is 24.4 Å². The van der Waals surface area contributed by atoms with Crippen molar-refractivity contribution in [2.24, 2.45) is 0 Å². The van der Waals surface area contributed by atoms with E-state index in [2.05, 4.69) is 5.32 Å². The first-order chi connectivity index (χ1) is 15.6. The SMILES string of the molecule is C[C@@]1(C(=O)NCc2ccccc2)Cn2c(cc3ccccc32)C(=O)N1Cc1ccccc1. The fourth-order valence-corrected chi connectivity index (χ4v) is 4.49. The van der Waals surface area contributed by atoms with E-state index >= 15 is 0 Å². The maximum absolute atomic E-state index is 13.7. The zero-order valence-electron chi connectivity index (χ0n) is 18.0. The van der Waals surface area contributed by atoms with E-state index in [-0.39, 0.29) is 11.8 Å². The third-order valence-corrected chi connectivity index (χ3v) is 6.31. The Kier molecular flexibility index (Phi) is 5.02. The molecule has 1 aliphatic heterocycles. The first-order valence-electron chi connectivity index (χ1n) is 10.8. The lowest BCUT2D eigenvalue weighted by atomic mass is 9.93. The quantitative estimate of drug-likeness (QED) is 0.518. The summed E-state index contributed by atoms with van der Waals surface area (Å²) < 4.78 is 1.99. The van der Waals surface area contributed by atoms with Gasteiger partial charge in [0.1, 0.15) is 11.2 Å². The molecule has 1 atom stereocenters. The normalized spacial score (nSPS) is 17.9. The molecule has 160 valence electrons. The summed E-state index contributed by atoms with van der Waals surface area (Å²) in [5.74, 6) is -0.289. The van der Waals surface area contributed by atoms with E-state index in [1.165, 1.54) is 0 Å². The van der Waals surface area contributed by atoms with Crippen LogP contribution in [0.15, 0.2) is 91.0 Å². The Morgan fingerprint density at radius 2 is 1.53 bits per heavy atom. The minimum Gasteiger partial charge on any atom is -0.350 e. The van der Waals surface area contributed by atoms with Gasteiger partial charge in [0, 0.05) is 24.0 Å². The summed E-state index contributed by atoms with van der Waals surface area (Å²) in [5, 5.41) is 4.07. The van der Waals surface area contributed by atoms with Gasteiger partial charge in [-0.05, 0) is 30.2 Å². The van der Waals surface area contributed by atoms with E-state index in [4.69, 9.17) is 0 Å². The Bertz CT molecular complexity index is 1280. The summed E-state index contributed by atoms with van der Waals surface area (Å²) in [6, 6.07) is 29.5. The van der Waals surface area contributed by atoms with Crippen molar-refractivity contribution in [1.29, 1.82) is 0 Å². The molecule has 1 aliphatic rings. The van der Waals surface area contributed by atoms with Gasteiger partial charge in [-0.1, -0.05) is 78.9 Å². The first kappa shape index (κ1) is 20.1. The Balaban J connectivity index is 1.53. The van der Waals surface area contributed by atoms with Crippen LogP contribution in [0.4, 0.5) is 0 Å². The smallest absolute Gasteiger partial charge is 0.271 e. The molecule has 0 saturated heterocycles. The van der Waals surface area contributed by atoms with Crippen molar-refractivity contribution in [2.45, 2.75) is 32.1 Å². The maximum atomic E-state index is 13.7. The highest BCUT2D eigenvalue weighted by Gasteiger charge is 2.47. The Hall–Kier alpha value is -3.86. The molecule has 1 N–H and O–H groups in total. The van der Waals surface area contributed by atoms with Crippen molar-refractivity contribution >= 4 is 22.7 Å². The average Bonchev–Trinajstić information content (AvgIpc) is 3.20. The number of nitrogens with zero attached hydrogens (tertiary/aromatic N) is 2. The Morgan fingerprint density at radius 1 is 0.906 bits per heavy atom. The molecule has 2 amide bonds. The van der Waals surface area contributed by atoms with Crippen molar-refractivity contribution in [3.8, 4) is 0 Å². The second-order valence-corrected chi connectivity index (χ2v) is 8.49. The molecule has 1 aromatic heterocycles. The van der Waals surface area contributed by atoms with Crippen LogP contribution in [0.5, 0.6) is 0 Å². The zero-order chi connectivity index (χ0) is 22.1. The third-order valence-electron chi connectivity index (χ3n) is 6.31. The van der Waals surface area contributed by atoms with Gasteiger partial charge in [0.2, 0.25) is 5.91 Å². The molecule has 5 rings (SSSR count). The lowest BCUT2D eigenvalue weighted by molar-refractivity contribution is -0.133. The fraction of sp³-hybridized carbons (Fsp3) is 0.185. The van der Waals surface area contributed by atoms with E-state index in [1.807, 2.05) is 102 Å². The monoisotopic (exact) mass is 423 g/mol. The van der Waals surface area contributed by atoms with Gasteiger partial charge >= 0.3 is 0 Å². The molecule has 4 aromatic rings. The molecule has 0 bridgehead atoms. The summed E-state index contributed by atoms with van der Waals surface area (Å²) in [6.45, 7) is 3.05. The van der Waals surface area contributed by atoms with E-state index in [1.54, 1.807) is 4.90 Å². The predicted octanol–water partition coefficient (Wildman–Crippen LogP) is 4.37. The number of benzene rings is 3. The van der Waals surface area contributed by atoms with Crippen LogP contribution in [0, 0.1) is 0 Å². The number of aromatic nitrogens is 1. The van der Waals surface area contributed by atoms with Crippen LogP contribution in [0.25, 0.3) is 10.9 Å². The van der Waals surface area contributed by atoms with Crippen LogP contribution in [-0.4, -0.2) is 26.8 Å². The number of amides is 2. The number of hydrogen-bond donors (Lipinski definition) is 1. The lowest BCUT2D eigenvalue weighted by Crippen LogP contribution is -2.63. The largest absolute Gasteiger partial charge is 0.350 e. The van der Waals surface area contributed by atoms with Gasteiger partial charge in [0.25, 0.3) is 5.91 Å². The van der Waals surface area contributed by atoms with Crippen LogP contribution in [0.3, 0.4) is 0 Å². The average molecular weight is 424 g/mol. The van der Waals surface area contributed by atoms with E-state index in [0.29, 0.717) is 25.3 Å². The first-order valence-corrected chi connectivity index (χ1v) is 10.8. The standard InChI is InChI=1S/C27H25N3O2/c1-27(26(32)28-17-20-10-4-2-5-11-20)19-29-23-15-9-8-14-22(23)16-24(29)25(31)30(27)18-21-12-6-3-7-13-21/h2-16H,17-19H2,1H3,(H,28,32)/t27-/m0/s1. The van der Waals surface area contributed by atoms with Crippen molar-refractivity contribution in [3.63, 3.8) is 0 Å². The molecule has 0 saturated carbocycles. The van der Waals surface area contributed by atoms with Gasteiger partial charge in [-0.15, -0.1) is 0 Å². The predicted molar refractivity (Wildman–Crippen MR) is 125 cm³/mol. The lowest BCUT2D eigenvalue weighted by Gasteiger charge is -2.44. The summed E-state index contributed by atoms with van der Waals surface area (Å²) in [5.41, 5.74) is 2.57. The molecular formula is C27H25N3O2. The van der Waals surface area contributed by atoms with Gasteiger partial charge in [0.15, 0.2) is 0 Å². The van der Waals surface area contributed by atoms with Gasteiger partial charge < -0.3 is 14.8 Å². The van der Waals surface area contributed by atoms with E-state index < -0.39 is 5.54 Å². The fourth-order valence-electron chi connectivity index (χ4n) is 4.49. The highest BCUT2D eigenvalue weighted by molar-refractivity contribution is 6.03. The zero-order valence-corrected chi connectivity index (χ0v) is 18.0. The van der Waals surface area contributed by atoms with E-state index in [0.717, 1.165) is 22.0 Å². The van der Waals surface area contributed by atoms with E-state index in [9.17, 15) is 9.59 Å². The number of fused-ring (bicyclic) bond motifs is 3. The highest BCUT2D eigenvalue weighted by atomic mass is 16.2. The van der Waals surface area contributed by atoms with Crippen LogP contribution < -0.4 is 5.32 Å². The van der Waals surface area contributed by atoms with Crippen LogP contribution in [0.1, 0.15) is 28.5 Å². The van der Waals surface area contributed by atoms with Gasteiger partial charge in [0.05, 0.1) is 6.54 Å². The van der Waals surface area contributed by atoms with Crippen LogP contribution >= 0.6 is 0 Å². The Morgan fingerprint density at radius 3 is 2.25 bits per heavy atom. The van der Waals surface area contributed by atoms with Crippen LogP contribution in [0.2, 0.25) is 0 Å². The molecule has 0 aliphatic carbocycles. The second-order valence-electron chi connectivity index (χ2n) is 8.49. The number of nitrogens with one attached hydrogen (secondary N) is 1. The summed E-state index contributed by atoms with van der Waals surface area (Å²) in [4.78, 5) is 29.0. The van der Waals surface area contributed by atoms with Crippen molar-refractivity contribution < 1.29 is 9.59 Å². The van der Waals surface area contributed by atoms with Gasteiger partial charge in [-0.2, -0.15) is 0 Å². The Labute approximate surface area is 187 Å². The minimum atomic E-state index is -1.03. The number of para-hydroxylation sites is 1. The third kappa shape index (κ3) is 3.46. The highest BCUT2D eigenvalue weighted by Crippen LogP contribution is 2.33. The molecule has 32 heavy (non-hydrogen) atoms. The number of carbonyl (C=O) groups is 2. The second kappa shape index (κ2) is 8.00. The molecule has 0 spiro atoms. The molecule has 0 radical (unpaired) electrons. The van der Waals surface area contributed by atoms with Crippen molar-refractivity contribution in [2.75, 3.05) is 0 Å². The number of hydrogen-bond acceptors (Lipinski definition) is 2. The number of carbonyl (C=O) groups excluding carboxylic acids is 2. The molecule has 0 fully saturated rings.